The minimum Gasteiger partial charge on any atom is -0.0623 e. The number of hydrogen-bond acceptors (Lipinski definition) is 0. The van der Waals surface area contributed by atoms with Crippen LogP contribution in [0.25, 0.3) is 44.2 Å². The maximum absolute atomic E-state index is 2.52. The quantitative estimate of drug-likeness (QED) is 0.210. The maximum Gasteiger partial charge on any atom is 0.182 e. The molecule has 0 fully saturated rings. The lowest BCUT2D eigenvalue weighted by Gasteiger charge is -2.31. The topological polar surface area (TPSA) is 0 Å². The van der Waals surface area contributed by atoms with E-state index in [4.69, 9.17) is 0 Å². The summed E-state index contributed by atoms with van der Waals surface area (Å²) < 4.78 is 0. The third kappa shape index (κ3) is 2.17. The summed E-state index contributed by atoms with van der Waals surface area (Å²) in [6.45, 7) is 4.87. The summed E-state index contributed by atoms with van der Waals surface area (Å²) in [7, 11) is -2.52. The molecule has 178 valence electrons. The van der Waals surface area contributed by atoms with Crippen LogP contribution >= 0.6 is 0 Å². The Morgan fingerprint density at radius 1 is 0.447 bits per heavy atom. The number of benzene rings is 6. The first-order valence-corrected chi connectivity index (χ1v) is 15.6. The molecule has 38 heavy (non-hydrogen) atoms. The molecular formula is C37H26Si. The van der Waals surface area contributed by atoms with E-state index in [9.17, 15) is 0 Å². The minimum absolute atomic E-state index is 0.0669. The molecule has 2 heterocycles. The third-order valence-electron chi connectivity index (χ3n) is 9.65. The highest BCUT2D eigenvalue weighted by atomic mass is 28.3. The van der Waals surface area contributed by atoms with E-state index in [1.807, 2.05) is 0 Å². The van der Waals surface area contributed by atoms with Crippen LogP contribution in [0.2, 0.25) is 0 Å². The summed E-state index contributed by atoms with van der Waals surface area (Å²) in [4.78, 5) is 0. The van der Waals surface area contributed by atoms with Gasteiger partial charge in [0.2, 0.25) is 0 Å². The number of fused-ring (bicyclic) bond motifs is 16. The Morgan fingerprint density at radius 3 is 1.53 bits per heavy atom. The van der Waals surface area contributed by atoms with Crippen LogP contribution in [0, 0.1) is 0 Å². The average molecular weight is 499 g/mol. The second kappa shape index (κ2) is 6.81. The van der Waals surface area contributed by atoms with Gasteiger partial charge in [-0.15, -0.1) is 0 Å². The van der Waals surface area contributed by atoms with Crippen LogP contribution in [0.3, 0.4) is 0 Å². The lowest BCUT2D eigenvalue weighted by molar-refractivity contribution is 0.666. The van der Waals surface area contributed by atoms with Gasteiger partial charge in [-0.25, -0.2) is 0 Å². The van der Waals surface area contributed by atoms with Crippen LogP contribution in [0.4, 0.5) is 0 Å². The molecule has 6 aromatic carbocycles. The number of hydrogen-bond donors (Lipinski definition) is 0. The van der Waals surface area contributed by atoms with Crippen molar-refractivity contribution in [3.8, 4) is 33.4 Å². The molecule has 1 heteroatoms. The van der Waals surface area contributed by atoms with Gasteiger partial charge in [0.15, 0.2) is 8.07 Å². The monoisotopic (exact) mass is 498 g/mol. The van der Waals surface area contributed by atoms with Gasteiger partial charge in [-0.2, -0.15) is 0 Å². The van der Waals surface area contributed by atoms with E-state index in [-0.39, 0.29) is 5.41 Å². The van der Waals surface area contributed by atoms with Crippen molar-refractivity contribution in [2.75, 3.05) is 0 Å². The molecule has 0 bridgehead atoms. The normalized spacial score (nSPS) is 16.1. The molecule has 1 spiro atoms. The largest absolute Gasteiger partial charge is 0.182 e. The Bertz CT molecular complexity index is 1940. The van der Waals surface area contributed by atoms with Crippen LogP contribution in [0.1, 0.15) is 25.0 Å². The van der Waals surface area contributed by atoms with E-state index in [2.05, 4.69) is 135 Å². The molecule has 0 amide bonds. The van der Waals surface area contributed by atoms with Gasteiger partial charge in [0.1, 0.15) is 0 Å². The van der Waals surface area contributed by atoms with Gasteiger partial charge in [0.05, 0.1) is 0 Å². The fourth-order valence-electron chi connectivity index (χ4n) is 8.28. The molecule has 0 N–H and O–H groups in total. The highest BCUT2D eigenvalue weighted by Crippen LogP contribution is 2.52. The predicted octanol–water partition coefficient (Wildman–Crippen LogP) is 6.48. The van der Waals surface area contributed by atoms with Gasteiger partial charge in [-0.1, -0.05) is 135 Å². The molecule has 6 aromatic rings. The molecule has 0 atom stereocenters. The summed E-state index contributed by atoms with van der Waals surface area (Å²) in [5.41, 5.74) is 11.4. The molecule has 0 aromatic heterocycles. The molecule has 0 nitrogen and oxygen atoms in total. The number of rotatable bonds is 0. The van der Waals surface area contributed by atoms with Crippen LogP contribution < -0.4 is 20.7 Å². The Kier molecular flexibility index (Phi) is 3.73. The molecule has 0 radical (unpaired) electrons. The summed E-state index contributed by atoms with van der Waals surface area (Å²) in [6.07, 6.45) is 0. The minimum atomic E-state index is -2.52. The zero-order valence-electron chi connectivity index (χ0n) is 21.5. The van der Waals surface area contributed by atoms with Crippen molar-refractivity contribution < 1.29 is 0 Å². The van der Waals surface area contributed by atoms with Crippen molar-refractivity contribution in [2.45, 2.75) is 19.3 Å². The first kappa shape index (κ1) is 20.8. The molecule has 1 aliphatic carbocycles. The molecule has 9 rings (SSSR count). The highest BCUT2D eigenvalue weighted by molar-refractivity contribution is 7.25. The van der Waals surface area contributed by atoms with Gasteiger partial charge < -0.3 is 0 Å². The fraction of sp³-hybridized carbons (Fsp3) is 0.0811. The van der Waals surface area contributed by atoms with Gasteiger partial charge in [0, 0.05) is 5.41 Å². The molecule has 0 saturated carbocycles. The molecule has 2 aliphatic heterocycles. The average Bonchev–Trinajstić information content (AvgIpc) is 3.52. The van der Waals surface area contributed by atoms with Gasteiger partial charge in [-0.3, -0.25) is 0 Å². The summed E-state index contributed by atoms with van der Waals surface area (Å²) in [5.74, 6) is 0. The molecule has 0 unspecified atom stereocenters. The Morgan fingerprint density at radius 2 is 0.921 bits per heavy atom. The Balaban J connectivity index is 1.55. The van der Waals surface area contributed by atoms with Crippen molar-refractivity contribution in [1.29, 1.82) is 0 Å². The van der Waals surface area contributed by atoms with E-state index in [1.165, 1.54) is 55.3 Å². The first-order chi connectivity index (χ1) is 18.6. The third-order valence-corrected chi connectivity index (χ3v) is 14.7. The standard InChI is InChI=1S/C37H26Si/c1-37(2)30-15-7-3-11-24(30)28-21-19-23-20-22-29-27-14-6-10-18-33(27)38(36(29)34(23)35(28)37)31-16-8-4-12-25(31)26-13-5-9-17-32(26)38/h3-22H,1-2H3. The smallest absolute Gasteiger partial charge is 0.0623 e. The van der Waals surface area contributed by atoms with E-state index in [0.29, 0.717) is 0 Å². The zero-order valence-corrected chi connectivity index (χ0v) is 22.5. The fourth-order valence-corrected chi connectivity index (χ4v) is 14.1. The van der Waals surface area contributed by atoms with Gasteiger partial charge in [0.25, 0.3) is 0 Å². The lowest BCUT2D eigenvalue weighted by atomic mass is 9.80. The van der Waals surface area contributed by atoms with Crippen molar-refractivity contribution in [2.24, 2.45) is 0 Å². The summed E-state index contributed by atoms with van der Waals surface area (Å²) in [5, 5.41) is 9.11. The van der Waals surface area contributed by atoms with Crippen molar-refractivity contribution >= 4 is 39.6 Å². The molecular weight excluding hydrogens is 472 g/mol. The van der Waals surface area contributed by atoms with E-state index in [0.717, 1.165) is 0 Å². The Hall–Kier alpha value is -4.20. The van der Waals surface area contributed by atoms with Crippen LogP contribution in [-0.2, 0) is 5.41 Å². The van der Waals surface area contributed by atoms with Gasteiger partial charge >= 0.3 is 0 Å². The van der Waals surface area contributed by atoms with E-state index < -0.39 is 8.07 Å². The predicted molar refractivity (Wildman–Crippen MR) is 163 cm³/mol. The van der Waals surface area contributed by atoms with E-state index >= 15 is 0 Å². The first-order valence-electron chi connectivity index (χ1n) is 13.6. The second-order valence-corrected chi connectivity index (χ2v) is 15.2. The van der Waals surface area contributed by atoms with Crippen LogP contribution in [-0.4, -0.2) is 8.07 Å². The lowest BCUT2D eigenvalue weighted by Crippen LogP contribution is -2.71. The molecule has 3 aliphatic rings. The summed E-state index contributed by atoms with van der Waals surface area (Å²) in [6, 6.07) is 46.4. The SMILES string of the molecule is CC1(C)c2ccccc2-c2ccc3ccc4c(c3c21)[Si]1(c2ccccc2-c2ccccc21)c1ccccc1-4. The molecule has 0 saturated heterocycles. The summed E-state index contributed by atoms with van der Waals surface area (Å²) >= 11 is 0. The van der Waals surface area contributed by atoms with Crippen LogP contribution in [0.5, 0.6) is 0 Å². The van der Waals surface area contributed by atoms with Crippen molar-refractivity contribution in [3.63, 3.8) is 0 Å². The maximum atomic E-state index is 2.44. The van der Waals surface area contributed by atoms with Gasteiger partial charge in [-0.05, 0) is 76.0 Å². The Labute approximate surface area is 224 Å². The zero-order chi connectivity index (χ0) is 25.2. The highest BCUT2D eigenvalue weighted by Gasteiger charge is 2.55. The van der Waals surface area contributed by atoms with Crippen molar-refractivity contribution in [3.05, 3.63) is 132 Å². The second-order valence-electron chi connectivity index (χ2n) is 11.6. The van der Waals surface area contributed by atoms with Crippen LogP contribution in [0.15, 0.2) is 121 Å². The van der Waals surface area contributed by atoms with E-state index in [1.54, 1.807) is 20.7 Å². The van der Waals surface area contributed by atoms with Crippen molar-refractivity contribution in [1.82, 2.24) is 0 Å².